The first-order chi connectivity index (χ1) is 7.76. The molecular formula is C11H17N3OS. The van der Waals surface area contributed by atoms with E-state index in [-0.39, 0.29) is 5.91 Å². The zero-order chi connectivity index (χ0) is 11.5. The minimum absolute atomic E-state index is 0.169. The molecule has 0 unspecified atom stereocenters. The Labute approximate surface area is 99.7 Å². The van der Waals surface area contributed by atoms with Crippen LogP contribution in [0.25, 0.3) is 0 Å². The van der Waals surface area contributed by atoms with Crippen LogP contribution >= 0.6 is 11.3 Å². The molecule has 1 aliphatic rings. The van der Waals surface area contributed by atoms with E-state index < -0.39 is 0 Å². The number of thiazole rings is 1. The maximum atomic E-state index is 12.1. The van der Waals surface area contributed by atoms with Gasteiger partial charge in [0, 0.05) is 26.1 Å². The van der Waals surface area contributed by atoms with Crippen LogP contribution in [0.15, 0.2) is 0 Å². The maximum Gasteiger partial charge on any atom is 0.265 e. The number of aromatic nitrogens is 1. The average molecular weight is 239 g/mol. The number of nitrogens with one attached hydrogen (secondary N) is 1. The minimum atomic E-state index is 0.169. The third-order valence-corrected chi connectivity index (χ3v) is 3.75. The Morgan fingerprint density at radius 2 is 2.38 bits per heavy atom. The molecule has 0 atom stereocenters. The van der Waals surface area contributed by atoms with Gasteiger partial charge in [-0.25, -0.2) is 4.98 Å². The van der Waals surface area contributed by atoms with E-state index in [4.69, 9.17) is 0 Å². The van der Waals surface area contributed by atoms with E-state index in [1.807, 2.05) is 11.9 Å². The first-order valence-corrected chi connectivity index (χ1v) is 6.50. The van der Waals surface area contributed by atoms with Crippen LogP contribution in [0, 0.1) is 0 Å². The van der Waals surface area contributed by atoms with Crippen molar-refractivity contribution in [2.24, 2.45) is 0 Å². The molecule has 0 radical (unpaired) electrons. The van der Waals surface area contributed by atoms with Gasteiger partial charge in [-0.3, -0.25) is 4.79 Å². The summed E-state index contributed by atoms with van der Waals surface area (Å²) in [6.45, 7) is 4.53. The van der Waals surface area contributed by atoms with Crippen LogP contribution < -0.4 is 5.32 Å². The number of hydrogen-bond acceptors (Lipinski definition) is 4. The van der Waals surface area contributed by atoms with Crippen molar-refractivity contribution < 1.29 is 4.79 Å². The monoisotopic (exact) mass is 239 g/mol. The number of carbonyl (C=O) groups is 1. The second-order valence-electron chi connectivity index (χ2n) is 3.96. The van der Waals surface area contributed by atoms with Crippen molar-refractivity contribution in [1.82, 2.24) is 15.2 Å². The van der Waals surface area contributed by atoms with E-state index in [2.05, 4.69) is 17.2 Å². The van der Waals surface area contributed by atoms with Crippen molar-refractivity contribution in [1.29, 1.82) is 0 Å². The smallest absolute Gasteiger partial charge is 0.265 e. The SMILES string of the molecule is CCCN1CCc2nc(CNC)sc2C1=O. The topological polar surface area (TPSA) is 45.2 Å². The second kappa shape index (κ2) is 4.93. The molecule has 1 aliphatic heterocycles. The van der Waals surface area contributed by atoms with Crippen LogP contribution in [0.2, 0.25) is 0 Å². The predicted molar refractivity (Wildman–Crippen MR) is 64.8 cm³/mol. The quantitative estimate of drug-likeness (QED) is 0.860. The summed E-state index contributed by atoms with van der Waals surface area (Å²) >= 11 is 1.53. The standard InChI is InChI=1S/C11H17N3OS/c1-3-5-14-6-4-8-10(11(14)15)16-9(13-8)7-12-2/h12H,3-7H2,1-2H3. The maximum absolute atomic E-state index is 12.1. The van der Waals surface area contributed by atoms with Gasteiger partial charge in [0.1, 0.15) is 9.88 Å². The largest absolute Gasteiger partial charge is 0.338 e. The highest BCUT2D eigenvalue weighted by atomic mass is 32.1. The van der Waals surface area contributed by atoms with Gasteiger partial charge in [-0.1, -0.05) is 6.92 Å². The van der Waals surface area contributed by atoms with Crippen LogP contribution in [0.3, 0.4) is 0 Å². The summed E-state index contributed by atoms with van der Waals surface area (Å²) in [5.41, 5.74) is 0.993. The number of carbonyl (C=O) groups excluding carboxylic acids is 1. The first-order valence-electron chi connectivity index (χ1n) is 5.68. The predicted octanol–water partition coefficient (Wildman–Crippen LogP) is 1.27. The molecular weight excluding hydrogens is 222 g/mol. The molecule has 0 saturated carbocycles. The van der Waals surface area contributed by atoms with E-state index in [1.54, 1.807) is 0 Å². The van der Waals surface area contributed by atoms with Crippen molar-refractivity contribution in [3.63, 3.8) is 0 Å². The Hall–Kier alpha value is -0.940. The molecule has 1 aromatic rings. The lowest BCUT2D eigenvalue weighted by atomic mass is 10.1. The summed E-state index contributed by atoms with van der Waals surface area (Å²) in [5.74, 6) is 0.169. The van der Waals surface area contributed by atoms with Crippen LogP contribution in [-0.2, 0) is 13.0 Å². The molecule has 1 N–H and O–H groups in total. The Morgan fingerprint density at radius 3 is 3.06 bits per heavy atom. The molecule has 0 bridgehead atoms. The number of hydrogen-bond donors (Lipinski definition) is 1. The number of rotatable bonds is 4. The van der Waals surface area contributed by atoms with E-state index >= 15 is 0 Å². The highest BCUT2D eigenvalue weighted by Crippen LogP contribution is 2.25. The van der Waals surface area contributed by atoms with Gasteiger partial charge in [0.05, 0.1) is 5.69 Å². The van der Waals surface area contributed by atoms with Crippen molar-refractivity contribution in [3.05, 3.63) is 15.6 Å². The second-order valence-corrected chi connectivity index (χ2v) is 5.04. The van der Waals surface area contributed by atoms with Gasteiger partial charge in [-0.2, -0.15) is 0 Å². The third-order valence-electron chi connectivity index (χ3n) is 2.66. The summed E-state index contributed by atoms with van der Waals surface area (Å²) in [5, 5.41) is 4.08. The first kappa shape index (κ1) is 11.5. The molecule has 1 amide bonds. The van der Waals surface area contributed by atoms with Crippen LogP contribution in [0.5, 0.6) is 0 Å². The van der Waals surface area contributed by atoms with E-state index in [1.165, 1.54) is 11.3 Å². The molecule has 2 rings (SSSR count). The van der Waals surface area contributed by atoms with Crippen molar-refractivity contribution in [2.45, 2.75) is 26.3 Å². The highest BCUT2D eigenvalue weighted by Gasteiger charge is 2.27. The van der Waals surface area contributed by atoms with Gasteiger partial charge in [0.2, 0.25) is 0 Å². The normalized spacial score (nSPS) is 15.4. The van der Waals surface area contributed by atoms with Gasteiger partial charge in [-0.05, 0) is 13.5 Å². The summed E-state index contributed by atoms with van der Waals surface area (Å²) in [6.07, 6.45) is 1.92. The van der Waals surface area contributed by atoms with Crippen molar-refractivity contribution in [3.8, 4) is 0 Å². The summed E-state index contributed by atoms with van der Waals surface area (Å²) in [4.78, 5) is 19.4. The Bertz CT molecular complexity index is 389. The zero-order valence-electron chi connectivity index (χ0n) is 9.75. The molecule has 0 spiro atoms. The van der Waals surface area contributed by atoms with Gasteiger partial charge in [0.15, 0.2) is 0 Å². The highest BCUT2D eigenvalue weighted by molar-refractivity contribution is 7.13. The van der Waals surface area contributed by atoms with Crippen LogP contribution in [-0.4, -0.2) is 35.9 Å². The fourth-order valence-electron chi connectivity index (χ4n) is 1.93. The number of nitrogens with zero attached hydrogens (tertiary/aromatic N) is 2. The van der Waals surface area contributed by atoms with Crippen LogP contribution in [0.1, 0.15) is 33.7 Å². The average Bonchev–Trinajstić information content (AvgIpc) is 2.67. The van der Waals surface area contributed by atoms with Gasteiger partial charge < -0.3 is 10.2 Å². The molecule has 4 nitrogen and oxygen atoms in total. The Morgan fingerprint density at radius 1 is 1.56 bits per heavy atom. The van der Waals surface area contributed by atoms with E-state index in [0.29, 0.717) is 0 Å². The summed E-state index contributed by atoms with van der Waals surface area (Å²) in [6, 6.07) is 0. The Balaban J connectivity index is 2.20. The minimum Gasteiger partial charge on any atom is -0.338 e. The molecule has 2 heterocycles. The lowest BCUT2D eigenvalue weighted by Gasteiger charge is -2.25. The summed E-state index contributed by atoms with van der Waals surface area (Å²) in [7, 11) is 1.89. The molecule has 0 saturated heterocycles. The molecule has 16 heavy (non-hydrogen) atoms. The van der Waals surface area contributed by atoms with E-state index in [0.717, 1.165) is 48.1 Å². The number of amides is 1. The van der Waals surface area contributed by atoms with Crippen LogP contribution in [0.4, 0.5) is 0 Å². The molecule has 0 fully saturated rings. The lowest BCUT2D eigenvalue weighted by Crippen LogP contribution is -2.37. The zero-order valence-corrected chi connectivity index (χ0v) is 10.6. The lowest BCUT2D eigenvalue weighted by molar-refractivity contribution is 0.0744. The summed E-state index contributed by atoms with van der Waals surface area (Å²) < 4.78 is 0. The Kier molecular flexibility index (Phi) is 3.56. The molecule has 1 aromatic heterocycles. The fraction of sp³-hybridized carbons (Fsp3) is 0.636. The van der Waals surface area contributed by atoms with Gasteiger partial charge >= 0.3 is 0 Å². The van der Waals surface area contributed by atoms with Gasteiger partial charge in [0.25, 0.3) is 5.91 Å². The molecule has 88 valence electrons. The molecule has 0 aliphatic carbocycles. The third kappa shape index (κ3) is 2.10. The molecule has 5 heteroatoms. The van der Waals surface area contributed by atoms with Gasteiger partial charge in [-0.15, -0.1) is 11.3 Å². The number of fused-ring (bicyclic) bond motifs is 1. The van der Waals surface area contributed by atoms with Crippen molar-refractivity contribution >= 4 is 17.2 Å². The molecule has 0 aromatic carbocycles. The fourth-order valence-corrected chi connectivity index (χ4v) is 3.02. The van der Waals surface area contributed by atoms with E-state index in [9.17, 15) is 4.79 Å². The van der Waals surface area contributed by atoms with Crippen molar-refractivity contribution in [2.75, 3.05) is 20.1 Å².